The highest BCUT2D eigenvalue weighted by Gasteiger charge is 2.02. The number of methoxy groups -OCH3 is 1. The van der Waals surface area contributed by atoms with Crippen LogP contribution in [0.15, 0.2) is 0 Å². The average molecular weight is 220 g/mol. The van der Waals surface area contributed by atoms with Crippen LogP contribution in [-0.2, 0) is 14.2 Å². The number of ether oxygens (including phenoxy) is 3. The van der Waals surface area contributed by atoms with Gasteiger partial charge in [-0.15, -0.1) is 0 Å². The Morgan fingerprint density at radius 2 is 1.73 bits per heavy atom. The van der Waals surface area contributed by atoms with E-state index in [1.807, 2.05) is 6.92 Å². The van der Waals surface area contributed by atoms with Gasteiger partial charge in [-0.1, -0.05) is 0 Å². The lowest BCUT2D eigenvalue weighted by Crippen LogP contribution is -2.16. The highest BCUT2D eigenvalue weighted by Crippen LogP contribution is 1.96. The van der Waals surface area contributed by atoms with Crippen LogP contribution in [0.2, 0.25) is 0 Å². The Labute approximate surface area is 92.5 Å². The maximum absolute atomic E-state index is 9.30. The van der Waals surface area contributed by atoms with E-state index in [-0.39, 0.29) is 0 Å². The summed E-state index contributed by atoms with van der Waals surface area (Å²) in [6.45, 7) is 5.31. The second-order valence-electron chi connectivity index (χ2n) is 3.41. The molecule has 4 nitrogen and oxygen atoms in total. The number of hydrogen-bond donors (Lipinski definition) is 1. The quantitative estimate of drug-likeness (QED) is 0.532. The van der Waals surface area contributed by atoms with Gasteiger partial charge in [0.05, 0.1) is 12.7 Å². The molecule has 0 aromatic rings. The van der Waals surface area contributed by atoms with Crippen LogP contribution in [0.1, 0.15) is 26.2 Å². The highest BCUT2D eigenvalue weighted by molar-refractivity contribution is 4.52. The van der Waals surface area contributed by atoms with E-state index in [4.69, 9.17) is 14.2 Å². The molecule has 0 heterocycles. The van der Waals surface area contributed by atoms with Gasteiger partial charge in [0.1, 0.15) is 0 Å². The minimum Gasteiger partial charge on any atom is -0.391 e. The first-order chi connectivity index (χ1) is 7.31. The molecule has 0 bridgehead atoms. The first kappa shape index (κ1) is 14.8. The van der Waals surface area contributed by atoms with Gasteiger partial charge in [0.15, 0.2) is 0 Å². The fraction of sp³-hybridized carbons (Fsp3) is 1.00. The molecule has 0 aliphatic rings. The number of aliphatic hydroxyl groups is 1. The first-order valence-corrected chi connectivity index (χ1v) is 5.63. The molecular formula is C11H24O4. The van der Waals surface area contributed by atoms with Crippen LogP contribution in [0.5, 0.6) is 0 Å². The Morgan fingerprint density at radius 1 is 1.07 bits per heavy atom. The van der Waals surface area contributed by atoms with Crippen molar-refractivity contribution in [1.82, 2.24) is 0 Å². The van der Waals surface area contributed by atoms with Gasteiger partial charge in [-0.05, 0) is 26.2 Å². The van der Waals surface area contributed by atoms with E-state index in [1.54, 1.807) is 7.11 Å². The molecule has 4 heteroatoms. The maximum atomic E-state index is 9.30. The molecule has 0 saturated carbocycles. The van der Waals surface area contributed by atoms with Crippen molar-refractivity contribution in [3.63, 3.8) is 0 Å². The van der Waals surface area contributed by atoms with Gasteiger partial charge in [0.2, 0.25) is 0 Å². The van der Waals surface area contributed by atoms with Crippen LogP contribution >= 0.6 is 0 Å². The van der Waals surface area contributed by atoms with Crippen molar-refractivity contribution in [2.75, 3.05) is 40.1 Å². The van der Waals surface area contributed by atoms with Crippen molar-refractivity contribution in [2.45, 2.75) is 32.3 Å². The van der Waals surface area contributed by atoms with Crippen LogP contribution in [0.4, 0.5) is 0 Å². The zero-order chi connectivity index (χ0) is 11.4. The van der Waals surface area contributed by atoms with Gasteiger partial charge < -0.3 is 19.3 Å². The molecule has 0 aliphatic heterocycles. The fourth-order valence-electron chi connectivity index (χ4n) is 1.15. The van der Waals surface area contributed by atoms with Crippen molar-refractivity contribution >= 4 is 0 Å². The van der Waals surface area contributed by atoms with Crippen LogP contribution in [0, 0.1) is 0 Å². The highest BCUT2D eigenvalue weighted by atomic mass is 16.5. The van der Waals surface area contributed by atoms with Gasteiger partial charge >= 0.3 is 0 Å². The van der Waals surface area contributed by atoms with E-state index in [9.17, 15) is 5.11 Å². The lowest BCUT2D eigenvalue weighted by Gasteiger charge is -2.09. The van der Waals surface area contributed by atoms with E-state index in [0.717, 1.165) is 32.7 Å². The topological polar surface area (TPSA) is 47.9 Å². The minimum atomic E-state index is -0.404. The third-order valence-corrected chi connectivity index (χ3v) is 1.99. The van der Waals surface area contributed by atoms with Crippen LogP contribution < -0.4 is 0 Å². The summed E-state index contributed by atoms with van der Waals surface area (Å²) in [6.07, 6.45) is 2.28. The van der Waals surface area contributed by atoms with Crippen molar-refractivity contribution < 1.29 is 19.3 Å². The van der Waals surface area contributed by atoms with Gasteiger partial charge in [-0.3, -0.25) is 0 Å². The molecule has 0 amide bonds. The Balaban J connectivity index is 2.98. The van der Waals surface area contributed by atoms with Gasteiger partial charge in [-0.2, -0.15) is 0 Å². The number of unbranched alkanes of at least 4 members (excludes halogenated alkanes) is 1. The third kappa shape index (κ3) is 11.8. The van der Waals surface area contributed by atoms with E-state index >= 15 is 0 Å². The molecule has 1 N–H and O–H groups in total. The fourth-order valence-corrected chi connectivity index (χ4v) is 1.15. The Hall–Kier alpha value is -0.160. The summed E-state index contributed by atoms with van der Waals surface area (Å²) >= 11 is 0. The lowest BCUT2D eigenvalue weighted by atomic mass is 10.3. The second-order valence-corrected chi connectivity index (χ2v) is 3.41. The van der Waals surface area contributed by atoms with Crippen LogP contribution in [0.25, 0.3) is 0 Å². The monoisotopic (exact) mass is 220 g/mol. The largest absolute Gasteiger partial charge is 0.391 e. The van der Waals surface area contributed by atoms with Crippen LogP contribution in [0.3, 0.4) is 0 Å². The van der Waals surface area contributed by atoms with Crippen molar-refractivity contribution in [3.05, 3.63) is 0 Å². The van der Waals surface area contributed by atoms with E-state index in [2.05, 4.69) is 0 Å². The smallest absolute Gasteiger partial charge is 0.0795 e. The Morgan fingerprint density at radius 3 is 2.33 bits per heavy atom. The second kappa shape index (κ2) is 11.9. The summed E-state index contributed by atoms with van der Waals surface area (Å²) in [5.74, 6) is 0. The van der Waals surface area contributed by atoms with Gasteiger partial charge in [0, 0.05) is 33.5 Å². The molecule has 0 saturated heterocycles. The Bertz CT molecular complexity index is 119. The molecule has 1 atom stereocenters. The van der Waals surface area contributed by atoms with Gasteiger partial charge in [0.25, 0.3) is 0 Å². The summed E-state index contributed by atoms with van der Waals surface area (Å²) in [6, 6.07) is 0. The molecule has 0 spiro atoms. The zero-order valence-electron chi connectivity index (χ0n) is 9.91. The molecule has 0 aromatic heterocycles. The molecule has 0 aliphatic carbocycles. The summed E-state index contributed by atoms with van der Waals surface area (Å²) in [4.78, 5) is 0. The zero-order valence-corrected chi connectivity index (χ0v) is 9.91. The predicted octanol–water partition coefficient (Wildman–Crippen LogP) is 1.22. The molecule has 0 rings (SSSR count). The third-order valence-electron chi connectivity index (χ3n) is 1.99. The average Bonchev–Trinajstić information content (AvgIpc) is 2.22. The normalized spacial score (nSPS) is 13.0. The van der Waals surface area contributed by atoms with Crippen LogP contribution in [-0.4, -0.2) is 51.4 Å². The molecule has 1 unspecified atom stereocenters. The molecule has 0 radical (unpaired) electrons. The van der Waals surface area contributed by atoms with E-state index in [0.29, 0.717) is 19.6 Å². The molecule has 0 aromatic carbocycles. The number of rotatable bonds is 11. The van der Waals surface area contributed by atoms with E-state index < -0.39 is 6.10 Å². The molecule has 0 fully saturated rings. The van der Waals surface area contributed by atoms with Gasteiger partial charge in [-0.25, -0.2) is 0 Å². The summed E-state index contributed by atoms with van der Waals surface area (Å²) in [5, 5.41) is 9.30. The summed E-state index contributed by atoms with van der Waals surface area (Å²) in [5.41, 5.74) is 0. The first-order valence-electron chi connectivity index (χ1n) is 5.63. The standard InChI is InChI=1S/C11H24O4/c1-3-14-7-4-5-8-15-9-6-11(12)10-13-2/h11-12H,3-10H2,1-2H3. The molecule has 15 heavy (non-hydrogen) atoms. The van der Waals surface area contributed by atoms with Crippen molar-refractivity contribution in [3.8, 4) is 0 Å². The van der Waals surface area contributed by atoms with Crippen molar-refractivity contribution in [2.24, 2.45) is 0 Å². The predicted molar refractivity (Wildman–Crippen MR) is 59.0 cm³/mol. The summed E-state index contributed by atoms with van der Waals surface area (Å²) < 4.78 is 15.4. The number of aliphatic hydroxyl groups excluding tert-OH is 1. The number of hydrogen-bond acceptors (Lipinski definition) is 4. The maximum Gasteiger partial charge on any atom is 0.0795 e. The minimum absolute atomic E-state index is 0.383. The lowest BCUT2D eigenvalue weighted by molar-refractivity contribution is 0.0300. The van der Waals surface area contributed by atoms with Crippen molar-refractivity contribution in [1.29, 1.82) is 0 Å². The molecule has 92 valence electrons. The summed E-state index contributed by atoms with van der Waals surface area (Å²) in [7, 11) is 1.58. The Kier molecular flexibility index (Phi) is 11.8. The molecular weight excluding hydrogens is 196 g/mol. The van der Waals surface area contributed by atoms with E-state index in [1.165, 1.54) is 0 Å². The SMILES string of the molecule is CCOCCCCOCCC(O)COC.